The van der Waals surface area contributed by atoms with Gasteiger partial charge in [0.2, 0.25) is 0 Å². The summed E-state index contributed by atoms with van der Waals surface area (Å²) in [5, 5.41) is 0. The van der Waals surface area contributed by atoms with Crippen LogP contribution in [-0.4, -0.2) is 37.4 Å². The molecule has 2 N–H and O–H groups in total. The smallest absolute Gasteiger partial charge is 2.00 e. The van der Waals surface area contributed by atoms with E-state index in [-0.39, 0.29) is 17.1 Å². The molecule has 0 aliphatic rings. The molecule has 0 spiro atoms. The van der Waals surface area contributed by atoms with Crippen LogP contribution in [0.1, 0.15) is 0 Å². The van der Waals surface area contributed by atoms with Crippen LogP contribution >= 0.6 is 0 Å². The van der Waals surface area contributed by atoms with Crippen LogP contribution in [-0.2, 0) is 24.7 Å². The molecule has 9 heavy (non-hydrogen) atoms. The summed E-state index contributed by atoms with van der Waals surface area (Å²) in [6.45, 7) is 0. The van der Waals surface area contributed by atoms with Gasteiger partial charge < -0.3 is 0 Å². The van der Waals surface area contributed by atoms with E-state index < -0.39 is 29.0 Å². The predicted molar refractivity (Wildman–Crippen MR) is 17.3 cm³/mol. The molecule has 0 amide bonds. The SMILES string of the molecule is O=[Se]([O-])O.O=[Se]([O-])O.[Mn+2]. The summed E-state index contributed by atoms with van der Waals surface area (Å²) < 4.78 is 48.8. The first-order valence-corrected chi connectivity index (χ1v) is 5.36. The van der Waals surface area contributed by atoms with Gasteiger partial charge in [0.25, 0.3) is 0 Å². The fraction of sp³-hybridized carbons (Fsp3) is 0. The maximum absolute atomic E-state index is 8.65. The molecule has 0 rings (SSSR count). The van der Waals surface area contributed by atoms with Crippen molar-refractivity contribution >= 4 is 29.0 Å². The summed E-state index contributed by atoms with van der Waals surface area (Å²) >= 11 is -7.08. The molecule has 0 bridgehead atoms. The standard InChI is InChI=1S/Mn.2H2O3Se/c;2*1-4(2)3/h;2*(H2,1,2,3)/q+2;;/p-2. The van der Waals surface area contributed by atoms with Crippen molar-refractivity contribution < 1.29 is 41.5 Å². The van der Waals surface area contributed by atoms with Crippen LogP contribution in [0.25, 0.3) is 0 Å². The second kappa shape index (κ2) is 11.8. The van der Waals surface area contributed by atoms with Crippen LogP contribution in [0.2, 0.25) is 0 Å². The zero-order valence-electron chi connectivity index (χ0n) is 3.72. The van der Waals surface area contributed by atoms with Crippen LogP contribution in [0.5, 0.6) is 0 Å². The van der Waals surface area contributed by atoms with E-state index in [9.17, 15) is 0 Å². The molecule has 57 valence electrons. The summed E-state index contributed by atoms with van der Waals surface area (Å²) in [5.41, 5.74) is 0. The van der Waals surface area contributed by atoms with Gasteiger partial charge in [-0.05, 0) is 0 Å². The Hall–Kier alpha value is 0.998. The van der Waals surface area contributed by atoms with E-state index >= 15 is 0 Å². The van der Waals surface area contributed by atoms with Gasteiger partial charge in [0.05, 0.1) is 0 Å². The molecular formula is H2MnO6Se2. The van der Waals surface area contributed by atoms with E-state index in [0.29, 0.717) is 0 Å². The first kappa shape index (κ1) is 16.5. The summed E-state index contributed by atoms with van der Waals surface area (Å²) in [4.78, 5) is 0. The molecule has 2 unspecified atom stereocenters. The van der Waals surface area contributed by atoms with E-state index in [0.717, 1.165) is 0 Å². The zero-order chi connectivity index (χ0) is 7.15. The van der Waals surface area contributed by atoms with Crippen molar-refractivity contribution in [3.05, 3.63) is 0 Å². The summed E-state index contributed by atoms with van der Waals surface area (Å²) in [7, 11) is 0. The second-order valence-corrected chi connectivity index (χ2v) is 2.26. The molecule has 0 aliphatic heterocycles. The molecule has 0 fully saturated rings. The van der Waals surface area contributed by atoms with Crippen molar-refractivity contribution in [2.75, 3.05) is 0 Å². The maximum Gasteiger partial charge on any atom is 2.00 e. The molecule has 1 radical (unpaired) electrons. The third-order valence-electron chi connectivity index (χ3n) is 0. The molecule has 9 heteroatoms. The van der Waals surface area contributed by atoms with Crippen molar-refractivity contribution in [2.45, 2.75) is 0 Å². The van der Waals surface area contributed by atoms with Gasteiger partial charge in [0.1, 0.15) is 0 Å². The summed E-state index contributed by atoms with van der Waals surface area (Å²) in [6.07, 6.45) is 0. The van der Waals surface area contributed by atoms with Crippen molar-refractivity contribution in [3.63, 3.8) is 0 Å². The van der Waals surface area contributed by atoms with E-state index in [4.69, 9.17) is 24.4 Å². The minimum absolute atomic E-state index is 0. The normalized spacial score (nSPS) is 13.8. The van der Waals surface area contributed by atoms with E-state index in [1.807, 2.05) is 0 Å². The minimum Gasteiger partial charge on any atom is 2.00 e. The van der Waals surface area contributed by atoms with Crippen molar-refractivity contribution in [1.82, 2.24) is 0 Å². The average molecular weight is 311 g/mol. The quantitative estimate of drug-likeness (QED) is 0.435. The van der Waals surface area contributed by atoms with Gasteiger partial charge in [0, 0.05) is 0 Å². The van der Waals surface area contributed by atoms with E-state index in [2.05, 4.69) is 0 Å². The van der Waals surface area contributed by atoms with Crippen LogP contribution < -0.4 is 8.38 Å². The van der Waals surface area contributed by atoms with Gasteiger partial charge in [0.15, 0.2) is 0 Å². The van der Waals surface area contributed by atoms with Gasteiger partial charge in [-0.2, -0.15) is 0 Å². The van der Waals surface area contributed by atoms with E-state index in [1.165, 1.54) is 0 Å². The van der Waals surface area contributed by atoms with Crippen molar-refractivity contribution in [1.29, 1.82) is 0 Å². The molecule has 6 nitrogen and oxygen atoms in total. The Morgan fingerprint density at radius 1 is 1.00 bits per heavy atom. The molecule has 0 aromatic carbocycles. The summed E-state index contributed by atoms with van der Waals surface area (Å²) in [6, 6.07) is 0. The predicted octanol–water partition coefficient (Wildman–Crippen LogP) is -4.49. The first-order chi connectivity index (χ1) is 3.46. The molecule has 0 aromatic heterocycles. The van der Waals surface area contributed by atoms with Gasteiger partial charge in [-0.25, -0.2) is 0 Å². The molecule has 0 aliphatic carbocycles. The molecule has 0 saturated heterocycles. The summed E-state index contributed by atoms with van der Waals surface area (Å²) in [5.74, 6) is 0. The van der Waals surface area contributed by atoms with Gasteiger partial charge in [-0.3, -0.25) is 0 Å². The molecule has 2 atom stereocenters. The Morgan fingerprint density at radius 2 is 1.00 bits per heavy atom. The van der Waals surface area contributed by atoms with Gasteiger partial charge in [-0.1, -0.05) is 0 Å². The topological polar surface area (TPSA) is 121 Å². The molecule has 0 heterocycles. The molecular weight excluding hydrogens is 309 g/mol. The van der Waals surface area contributed by atoms with Crippen molar-refractivity contribution in [2.24, 2.45) is 0 Å². The van der Waals surface area contributed by atoms with Crippen molar-refractivity contribution in [3.8, 4) is 0 Å². The monoisotopic (exact) mass is 313 g/mol. The second-order valence-electron chi connectivity index (χ2n) is 0.434. The zero-order valence-corrected chi connectivity index (χ0v) is 8.33. The Kier molecular flexibility index (Phi) is 21.6. The van der Waals surface area contributed by atoms with Crippen LogP contribution in [0.3, 0.4) is 0 Å². The number of hydrogen-bond donors (Lipinski definition) is 2. The maximum atomic E-state index is 8.65. The Balaban J connectivity index is -0.0000000720. The number of rotatable bonds is 0. The van der Waals surface area contributed by atoms with Gasteiger partial charge >= 0.3 is 70.5 Å². The fourth-order valence-corrected chi connectivity index (χ4v) is 0. The number of hydrogen-bond acceptors (Lipinski definition) is 4. The molecule has 0 aromatic rings. The average Bonchev–Trinajstić information content (AvgIpc) is 1.25. The van der Waals surface area contributed by atoms with Crippen LogP contribution in [0.4, 0.5) is 0 Å². The van der Waals surface area contributed by atoms with E-state index in [1.54, 1.807) is 0 Å². The Bertz CT molecular complexity index is 69.1. The third-order valence-corrected chi connectivity index (χ3v) is 0. The molecule has 0 saturated carbocycles. The minimum atomic E-state index is -3.54. The Morgan fingerprint density at radius 3 is 1.00 bits per heavy atom. The first-order valence-electron chi connectivity index (χ1n) is 1.03. The van der Waals surface area contributed by atoms with Crippen LogP contribution in [0.15, 0.2) is 0 Å². The fourth-order valence-electron chi connectivity index (χ4n) is 0. The van der Waals surface area contributed by atoms with Gasteiger partial charge in [-0.15, -0.1) is 0 Å². The van der Waals surface area contributed by atoms with Crippen LogP contribution in [0, 0.1) is 0 Å². The Labute approximate surface area is 70.5 Å². The third kappa shape index (κ3) is 442. The largest absolute Gasteiger partial charge is 2.00 e.